The van der Waals surface area contributed by atoms with Crippen LogP contribution in [0.2, 0.25) is 0 Å². The van der Waals surface area contributed by atoms with Gasteiger partial charge in [0.25, 0.3) is 0 Å². The van der Waals surface area contributed by atoms with E-state index in [2.05, 4.69) is 4.98 Å². The van der Waals surface area contributed by atoms with E-state index in [4.69, 9.17) is 5.11 Å². The molecule has 1 heterocycles. The summed E-state index contributed by atoms with van der Waals surface area (Å²) in [5.74, 6) is -0.995. The zero-order valence-corrected chi connectivity index (χ0v) is 8.77. The summed E-state index contributed by atoms with van der Waals surface area (Å²) in [6.07, 6.45) is 1.57. The average Bonchev–Trinajstić information content (AvgIpc) is 2.31. The molecule has 0 aliphatic carbocycles. The summed E-state index contributed by atoms with van der Waals surface area (Å²) in [4.78, 5) is 14.4. The van der Waals surface area contributed by atoms with Crippen LogP contribution in [0.5, 0.6) is 0 Å². The molecule has 3 nitrogen and oxygen atoms in total. The molecular formula is C12H13NO2. The summed E-state index contributed by atoms with van der Waals surface area (Å²) in [6, 6.07) is 9.09. The minimum atomic E-state index is -0.995. The molecule has 1 aromatic carbocycles. The Morgan fingerprint density at radius 2 is 1.80 bits per heavy atom. The Balaban J connectivity index is 0.000000531. The van der Waals surface area contributed by atoms with Crippen molar-refractivity contribution in [3.8, 4) is 0 Å². The van der Waals surface area contributed by atoms with Crippen molar-refractivity contribution < 1.29 is 9.90 Å². The second kappa shape index (κ2) is 5.10. The molecule has 1 N–H and O–H groups in total. The fraction of sp³-hybridized carbons (Fsp3) is 0.167. The van der Waals surface area contributed by atoms with Crippen LogP contribution in [0, 0.1) is 0 Å². The lowest BCUT2D eigenvalue weighted by molar-refractivity contribution is 0.0691. The Labute approximate surface area is 88.4 Å². The monoisotopic (exact) mass is 203 g/mol. The molecule has 0 saturated heterocycles. The van der Waals surface area contributed by atoms with E-state index in [9.17, 15) is 4.79 Å². The summed E-state index contributed by atoms with van der Waals surface area (Å²) in [7, 11) is 0. The molecule has 0 bridgehead atoms. The number of hydrogen-bond acceptors (Lipinski definition) is 2. The fourth-order valence-corrected chi connectivity index (χ4v) is 1.20. The number of aromatic carboxylic acids is 1. The topological polar surface area (TPSA) is 50.2 Å². The molecule has 15 heavy (non-hydrogen) atoms. The zero-order valence-electron chi connectivity index (χ0n) is 8.77. The number of carboxylic acid groups (broad SMARTS) is 1. The van der Waals surface area contributed by atoms with Gasteiger partial charge in [-0.25, -0.2) is 9.78 Å². The number of aromatic nitrogens is 1. The summed E-state index contributed by atoms with van der Waals surface area (Å²) >= 11 is 0. The van der Waals surface area contributed by atoms with E-state index < -0.39 is 5.97 Å². The Morgan fingerprint density at radius 3 is 2.40 bits per heavy atom. The number of rotatable bonds is 1. The third-order valence-electron chi connectivity index (χ3n) is 1.85. The zero-order chi connectivity index (χ0) is 11.3. The normalized spacial score (nSPS) is 9.20. The third-order valence-corrected chi connectivity index (χ3v) is 1.85. The molecule has 0 saturated carbocycles. The van der Waals surface area contributed by atoms with Gasteiger partial charge in [-0.05, 0) is 11.5 Å². The van der Waals surface area contributed by atoms with Crippen LogP contribution in [-0.2, 0) is 0 Å². The van der Waals surface area contributed by atoms with Gasteiger partial charge < -0.3 is 5.11 Å². The summed E-state index contributed by atoms with van der Waals surface area (Å²) in [6.45, 7) is 4.00. The number of hydrogen-bond donors (Lipinski definition) is 1. The molecule has 0 amide bonds. The summed E-state index contributed by atoms with van der Waals surface area (Å²) in [5.41, 5.74) is 0.0821. The van der Waals surface area contributed by atoms with Gasteiger partial charge in [0.2, 0.25) is 0 Å². The van der Waals surface area contributed by atoms with E-state index >= 15 is 0 Å². The SMILES string of the molecule is CC.O=C(O)c1cc2ccccc2cn1. The lowest BCUT2D eigenvalue weighted by Gasteiger charge is -1.97. The first kappa shape index (κ1) is 11.2. The van der Waals surface area contributed by atoms with E-state index in [-0.39, 0.29) is 5.69 Å². The summed E-state index contributed by atoms with van der Waals surface area (Å²) < 4.78 is 0. The van der Waals surface area contributed by atoms with Crippen LogP contribution < -0.4 is 0 Å². The highest BCUT2D eigenvalue weighted by Gasteiger charge is 2.03. The van der Waals surface area contributed by atoms with Gasteiger partial charge in [-0.1, -0.05) is 38.1 Å². The molecule has 0 atom stereocenters. The Hall–Kier alpha value is -1.90. The highest BCUT2D eigenvalue weighted by atomic mass is 16.4. The van der Waals surface area contributed by atoms with Crippen molar-refractivity contribution in [3.63, 3.8) is 0 Å². The van der Waals surface area contributed by atoms with E-state index in [1.54, 1.807) is 12.3 Å². The first-order valence-electron chi connectivity index (χ1n) is 4.85. The second-order valence-electron chi connectivity index (χ2n) is 2.72. The van der Waals surface area contributed by atoms with Gasteiger partial charge in [0.15, 0.2) is 0 Å². The second-order valence-corrected chi connectivity index (χ2v) is 2.72. The first-order valence-corrected chi connectivity index (χ1v) is 4.85. The van der Waals surface area contributed by atoms with Crippen molar-refractivity contribution in [2.24, 2.45) is 0 Å². The smallest absolute Gasteiger partial charge is 0.354 e. The van der Waals surface area contributed by atoms with Crippen molar-refractivity contribution in [1.82, 2.24) is 4.98 Å². The van der Waals surface area contributed by atoms with E-state index in [1.807, 2.05) is 38.1 Å². The van der Waals surface area contributed by atoms with Crippen molar-refractivity contribution in [3.05, 3.63) is 42.2 Å². The number of carboxylic acids is 1. The first-order chi connectivity index (χ1) is 7.27. The maximum absolute atomic E-state index is 10.6. The van der Waals surface area contributed by atoms with Gasteiger partial charge in [0.1, 0.15) is 5.69 Å². The lowest BCUT2D eigenvalue weighted by atomic mass is 10.1. The van der Waals surface area contributed by atoms with Gasteiger partial charge in [-0.15, -0.1) is 0 Å². The predicted molar refractivity (Wildman–Crippen MR) is 60.1 cm³/mol. The Bertz CT molecular complexity index is 466. The van der Waals surface area contributed by atoms with Crippen molar-refractivity contribution in [1.29, 1.82) is 0 Å². The highest BCUT2D eigenvalue weighted by Crippen LogP contribution is 2.12. The van der Waals surface area contributed by atoms with Gasteiger partial charge in [0, 0.05) is 11.6 Å². The molecular weight excluding hydrogens is 190 g/mol. The van der Waals surface area contributed by atoms with Crippen LogP contribution in [0.4, 0.5) is 0 Å². The fourth-order valence-electron chi connectivity index (χ4n) is 1.20. The van der Waals surface area contributed by atoms with Crippen LogP contribution in [0.3, 0.4) is 0 Å². The molecule has 0 aliphatic heterocycles. The largest absolute Gasteiger partial charge is 0.477 e. The van der Waals surface area contributed by atoms with E-state index in [0.717, 1.165) is 10.8 Å². The van der Waals surface area contributed by atoms with Gasteiger partial charge >= 0.3 is 5.97 Å². The maximum atomic E-state index is 10.6. The lowest BCUT2D eigenvalue weighted by Crippen LogP contribution is -1.98. The molecule has 0 aliphatic rings. The number of carbonyl (C=O) groups is 1. The molecule has 0 spiro atoms. The van der Waals surface area contributed by atoms with E-state index in [1.165, 1.54) is 0 Å². The van der Waals surface area contributed by atoms with Gasteiger partial charge in [0.05, 0.1) is 0 Å². The van der Waals surface area contributed by atoms with Gasteiger partial charge in [-0.3, -0.25) is 0 Å². The Kier molecular flexibility index (Phi) is 3.80. The summed E-state index contributed by atoms with van der Waals surface area (Å²) in [5, 5.41) is 10.5. The Morgan fingerprint density at radius 1 is 1.20 bits per heavy atom. The van der Waals surface area contributed by atoms with Crippen LogP contribution in [0.15, 0.2) is 36.5 Å². The third kappa shape index (κ3) is 2.53. The van der Waals surface area contributed by atoms with Crippen LogP contribution in [0.1, 0.15) is 24.3 Å². The number of fused-ring (bicyclic) bond motifs is 1. The van der Waals surface area contributed by atoms with Crippen LogP contribution in [0.25, 0.3) is 10.8 Å². The molecule has 2 rings (SSSR count). The molecule has 2 aromatic rings. The highest BCUT2D eigenvalue weighted by molar-refractivity contribution is 5.91. The number of benzene rings is 1. The standard InChI is InChI=1S/C10H7NO2.C2H6/c12-10(13)9-5-7-3-1-2-4-8(7)6-11-9;1-2/h1-6H,(H,12,13);1-2H3. The van der Waals surface area contributed by atoms with Crippen LogP contribution in [-0.4, -0.2) is 16.1 Å². The van der Waals surface area contributed by atoms with Crippen molar-refractivity contribution in [2.45, 2.75) is 13.8 Å². The minimum Gasteiger partial charge on any atom is -0.477 e. The molecule has 1 aromatic heterocycles. The molecule has 0 unspecified atom stereocenters. The number of pyridine rings is 1. The predicted octanol–water partition coefficient (Wildman–Crippen LogP) is 2.96. The molecule has 0 radical (unpaired) electrons. The quantitative estimate of drug-likeness (QED) is 0.775. The van der Waals surface area contributed by atoms with Crippen molar-refractivity contribution in [2.75, 3.05) is 0 Å². The van der Waals surface area contributed by atoms with Crippen molar-refractivity contribution >= 4 is 16.7 Å². The molecule has 3 heteroatoms. The molecule has 0 fully saturated rings. The maximum Gasteiger partial charge on any atom is 0.354 e. The number of nitrogens with zero attached hydrogens (tertiary/aromatic N) is 1. The van der Waals surface area contributed by atoms with E-state index in [0.29, 0.717) is 0 Å². The van der Waals surface area contributed by atoms with Crippen LogP contribution >= 0.6 is 0 Å². The van der Waals surface area contributed by atoms with Gasteiger partial charge in [-0.2, -0.15) is 0 Å². The molecule has 78 valence electrons. The minimum absolute atomic E-state index is 0.0821. The average molecular weight is 203 g/mol.